The summed E-state index contributed by atoms with van der Waals surface area (Å²) in [6.07, 6.45) is 0. The Bertz CT molecular complexity index is 309. The fraction of sp³-hybridized carbons (Fsp3) is 0.500. The van der Waals surface area contributed by atoms with Crippen molar-refractivity contribution in [1.29, 1.82) is 0 Å². The third kappa shape index (κ3) is 3.50. The van der Waals surface area contributed by atoms with E-state index in [9.17, 15) is 8.78 Å². The Morgan fingerprint density at radius 3 is 1.93 bits per heavy atom. The summed E-state index contributed by atoms with van der Waals surface area (Å²) in [5.41, 5.74) is 0.682. The van der Waals surface area contributed by atoms with Crippen LogP contribution >= 0.6 is 0 Å². The molecule has 1 rings (SSSR count). The topological polar surface area (TPSA) is 9.23 Å². The molecule has 3 heteroatoms. The van der Waals surface area contributed by atoms with Gasteiger partial charge in [0.15, 0.2) is 11.6 Å². The molecule has 1 nitrogen and oxygen atoms in total. The summed E-state index contributed by atoms with van der Waals surface area (Å²) in [7, 11) is 1.44. The molecule has 0 spiro atoms. The molecule has 15 heavy (non-hydrogen) atoms. The highest BCUT2D eigenvalue weighted by atomic mass is 19.2. The second-order valence-electron chi connectivity index (χ2n) is 3.16. The number of rotatable bonds is 2. The first kappa shape index (κ1) is 13.9. The molecule has 0 aromatic heterocycles. The zero-order valence-corrected chi connectivity index (χ0v) is 9.90. The van der Waals surface area contributed by atoms with Gasteiger partial charge >= 0.3 is 0 Å². The average molecular weight is 216 g/mol. The van der Waals surface area contributed by atoms with Gasteiger partial charge in [-0.25, -0.2) is 8.78 Å². The van der Waals surface area contributed by atoms with Crippen LogP contribution in [0.25, 0.3) is 0 Å². The SMILES string of the molecule is CC.COc1cc(F)c(F)cc1C(C)C. The number of hydrogen-bond acceptors (Lipinski definition) is 1. The van der Waals surface area contributed by atoms with Gasteiger partial charge in [-0.2, -0.15) is 0 Å². The van der Waals surface area contributed by atoms with Crippen molar-refractivity contribution in [3.8, 4) is 5.75 Å². The van der Waals surface area contributed by atoms with Crippen molar-refractivity contribution in [2.24, 2.45) is 0 Å². The molecule has 86 valence electrons. The van der Waals surface area contributed by atoms with E-state index in [0.717, 1.165) is 6.07 Å². The lowest BCUT2D eigenvalue weighted by Crippen LogP contribution is -1.97. The van der Waals surface area contributed by atoms with E-state index in [2.05, 4.69) is 0 Å². The minimum absolute atomic E-state index is 0.116. The van der Waals surface area contributed by atoms with Crippen LogP contribution in [-0.2, 0) is 0 Å². The Morgan fingerprint density at radius 2 is 1.53 bits per heavy atom. The fourth-order valence-corrected chi connectivity index (χ4v) is 1.17. The highest BCUT2D eigenvalue weighted by molar-refractivity contribution is 5.36. The monoisotopic (exact) mass is 216 g/mol. The van der Waals surface area contributed by atoms with E-state index in [-0.39, 0.29) is 5.92 Å². The van der Waals surface area contributed by atoms with Crippen LogP contribution in [-0.4, -0.2) is 7.11 Å². The maximum absolute atomic E-state index is 12.8. The van der Waals surface area contributed by atoms with Gasteiger partial charge in [-0.05, 0) is 17.5 Å². The molecule has 0 bridgehead atoms. The lowest BCUT2D eigenvalue weighted by atomic mass is 10.0. The van der Waals surface area contributed by atoms with Gasteiger partial charge in [0.05, 0.1) is 7.11 Å². The summed E-state index contributed by atoms with van der Waals surface area (Å²) in [4.78, 5) is 0. The van der Waals surface area contributed by atoms with Crippen molar-refractivity contribution in [3.05, 3.63) is 29.3 Å². The largest absolute Gasteiger partial charge is 0.496 e. The molecule has 0 saturated carbocycles. The molecule has 0 heterocycles. The second-order valence-corrected chi connectivity index (χ2v) is 3.16. The van der Waals surface area contributed by atoms with E-state index >= 15 is 0 Å². The second kappa shape index (κ2) is 6.38. The van der Waals surface area contributed by atoms with Crippen molar-refractivity contribution in [2.45, 2.75) is 33.6 Å². The fourth-order valence-electron chi connectivity index (χ4n) is 1.17. The smallest absolute Gasteiger partial charge is 0.162 e. The molecule has 0 radical (unpaired) electrons. The molecule has 0 N–H and O–H groups in total. The van der Waals surface area contributed by atoms with Crippen LogP contribution in [0.3, 0.4) is 0 Å². The first-order valence-corrected chi connectivity index (χ1v) is 5.09. The lowest BCUT2D eigenvalue weighted by molar-refractivity contribution is 0.398. The molecule has 0 aliphatic carbocycles. The number of ether oxygens (including phenoxy) is 1. The summed E-state index contributed by atoms with van der Waals surface area (Å²) in [6.45, 7) is 7.80. The standard InChI is InChI=1S/C10H12F2O.C2H6/c1-6(2)7-4-8(11)9(12)5-10(7)13-3;1-2/h4-6H,1-3H3;1-2H3. The maximum atomic E-state index is 12.8. The lowest BCUT2D eigenvalue weighted by Gasteiger charge is -2.11. The summed E-state index contributed by atoms with van der Waals surface area (Å²) in [5, 5.41) is 0. The average Bonchev–Trinajstić information content (AvgIpc) is 2.24. The van der Waals surface area contributed by atoms with Crippen LogP contribution in [0.1, 0.15) is 39.2 Å². The zero-order valence-electron chi connectivity index (χ0n) is 9.90. The van der Waals surface area contributed by atoms with Gasteiger partial charge < -0.3 is 4.74 Å². The van der Waals surface area contributed by atoms with E-state index in [0.29, 0.717) is 11.3 Å². The third-order valence-electron chi connectivity index (χ3n) is 1.89. The summed E-state index contributed by atoms with van der Waals surface area (Å²) in [5.74, 6) is -1.19. The van der Waals surface area contributed by atoms with Crippen molar-refractivity contribution in [1.82, 2.24) is 0 Å². The van der Waals surface area contributed by atoms with Gasteiger partial charge in [0.25, 0.3) is 0 Å². The minimum Gasteiger partial charge on any atom is -0.496 e. The first-order chi connectivity index (χ1) is 7.06. The predicted octanol–water partition coefficient (Wildman–Crippen LogP) is 4.12. The Kier molecular flexibility index (Phi) is 5.90. The Morgan fingerprint density at radius 1 is 1.07 bits per heavy atom. The maximum Gasteiger partial charge on any atom is 0.162 e. The van der Waals surface area contributed by atoms with E-state index in [1.165, 1.54) is 13.2 Å². The first-order valence-electron chi connectivity index (χ1n) is 5.09. The molecule has 0 atom stereocenters. The van der Waals surface area contributed by atoms with E-state index in [1.807, 2.05) is 27.7 Å². The van der Waals surface area contributed by atoms with Gasteiger partial charge in [-0.1, -0.05) is 27.7 Å². The number of benzene rings is 1. The molecule has 0 fully saturated rings. The quantitative estimate of drug-likeness (QED) is 0.722. The number of methoxy groups -OCH3 is 1. The van der Waals surface area contributed by atoms with Crippen molar-refractivity contribution in [2.75, 3.05) is 7.11 Å². The van der Waals surface area contributed by atoms with Crippen molar-refractivity contribution >= 4 is 0 Å². The Labute approximate surface area is 90.1 Å². The molecule has 0 saturated heterocycles. The normalized spacial score (nSPS) is 9.60. The van der Waals surface area contributed by atoms with Crippen molar-refractivity contribution in [3.63, 3.8) is 0 Å². The highest BCUT2D eigenvalue weighted by Crippen LogP contribution is 2.28. The van der Waals surface area contributed by atoms with Crippen LogP contribution in [0.2, 0.25) is 0 Å². The number of halogens is 2. The Hall–Kier alpha value is -1.12. The molecular formula is C12H18F2O. The van der Waals surface area contributed by atoms with Gasteiger partial charge in [0.2, 0.25) is 0 Å². The van der Waals surface area contributed by atoms with Gasteiger partial charge in [-0.15, -0.1) is 0 Å². The molecule has 0 aliphatic rings. The van der Waals surface area contributed by atoms with Crippen LogP contribution in [0.15, 0.2) is 12.1 Å². The highest BCUT2D eigenvalue weighted by Gasteiger charge is 2.12. The zero-order chi connectivity index (χ0) is 12.0. The van der Waals surface area contributed by atoms with E-state index in [4.69, 9.17) is 4.74 Å². The summed E-state index contributed by atoms with van der Waals surface area (Å²) < 4.78 is 30.5. The third-order valence-corrected chi connectivity index (χ3v) is 1.89. The van der Waals surface area contributed by atoms with E-state index in [1.54, 1.807) is 0 Å². The Balaban J connectivity index is 0.000000921. The predicted molar refractivity (Wildman–Crippen MR) is 58.3 cm³/mol. The van der Waals surface area contributed by atoms with E-state index < -0.39 is 11.6 Å². The van der Waals surface area contributed by atoms with Crippen LogP contribution in [0.4, 0.5) is 8.78 Å². The molecule has 1 aromatic carbocycles. The van der Waals surface area contributed by atoms with Gasteiger partial charge in [0, 0.05) is 6.07 Å². The number of hydrogen-bond donors (Lipinski definition) is 0. The minimum atomic E-state index is -0.874. The molecule has 0 amide bonds. The molecular weight excluding hydrogens is 198 g/mol. The van der Waals surface area contributed by atoms with Crippen LogP contribution in [0, 0.1) is 11.6 Å². The summed E-state index contributed by atoms with van der Waals surface area (Å²) in [6, 6.07) is 2.25. The van der Waals surface area contributed by atoms with Crippen LogP contribution in [0.5, 0.6) is 5.75 Å². The molecule has 0 unspecified atom stereocenters. The van der Waals surface area contributed by atoms with Crippen LogP contribution < -0.4 is 4.74 Å². The molecule has 1 aromatic rings. The molecule has 0 aliphatic heterocycles. The summed E-state index contributed by atoms with van der Waals surface area (Å²) >= 11 is 0. The van der Waals surface area contributed by atoms with Gasteiger partial charge in [0.1, 0.15) is 5.75 Å². The van der Waals surface area contributed by atoms with Crippen molar-refractivity contribution < 1.29 is 13.5 Å². The van der Waals surface area contributed by atoms with Gasteiger partial charge in [-0.3, -0.25) is 0 Å².